The van der Waals surface area contributed by atoms with E-state index in [-0.39, 0.29) is 18.9 Å². The van der Waals surface area contributed by atoms with Crippen LogP contribution < -0.4 is 10.00 Å². The molecule has 1 aromatic heterocycles. The van der Waals surface area contributed by atoms with Crippen molar-refractivity contribution in [3.05, 3.63) is 11.8 Å². The highest BCUT2D eigenvalue weighted by atomic mass is 16.4. The van der Waals surface area contributed by atoms with Crippen LogP contribution in [0, 0.1) is 0 Å². The summed E-state index contributed by atoms with van der Waals surface area (Å²) in [5.41, 5.74) is 0.583. The largest absolute Gasteiger partial charge is 0.480 e. The van der Waals surface area contributed by atoms with Crippen LogP contribution in [0.1, 0.15) is 10.4 Å². The molecule has 0 saturated carbocycles. The van der Waals surface area contributed by atoms with Crippen molar-refractivity contribution in [2.24, 2.45) is 0 Å². The Morgan fingerprint density at radius 2 is 2.29 bits per heavy atom. The number of likely N-dealkylation sites (N-methyl/N-ethyl adjacent to an activating group) is 1. The average Bonchev–Trinajstić information content (AvgIpc) is 2.74. The van der Waals surface area contributed by atoms with Gasteiger partial charge in [-0.25, -0.2) is 5.10 Å². The Balaban J connectivity index is 2.02. The van der Waals surface area contributed by atoms with Gasteiger partial charge in [-0.15, -0.1) is 0 Å². The number of carbonyl (C=O) groups excluding carboxylic acids is 1. The fraction of sp³-hybridized carbons (Fsp3) is 0.500. The molecule has 1 aromatic rings. The minimum absolute atomic E-state index is 0.0897. The highest BCUT2D eigenvalue weighted by Crippen LogP contribution is 2.13. The minimum atomic E-state index is -0.938. The molecule has 2 heterocycles. The number of Topliss-reactive ketones (excluding diaryl/α,β-unsaturated/α-hetero) is 1. The Kier molecular flexibility index (Phi) is 3.10. The van der Waals surface area contributed by atoms with Gasteiger partial charge in [-0.2, -0.15) is 4.68 Å². The molecule has 1 aliphatic rings. The predicted octanol–water partition coefficient (Wildman–Crippen LogP) is -1.07. The molecule has 0 unspecified atom stereocenters. The molecule has 3 N–H and O–H groups in total. The van der Waals surface area contributed by atoms with E-state index in [0.717, 1.165) is 18.9 Å². The number of rotatable bonds is 5. The highest BCUT2D eigenvalue weighted by Gasteiger charge is 2.28. The topological polar surface area (TPSA) is 89.3 Å². The highest BCUT2D eigenvalue weighted by molar-refractivity contribution is 6.01. The van der Waals surface area contributed by atoms with Crippen LogP contribution in [0.4, 0.5) is 5.82 Å². The van der Waals surface area contributed by atoms with E-state index in [9.17, 15) is 9.59 Å². The molecule has 7 nitrogen and oxygen atoms in total. The summed E-state index contributed by atoms with van der Waals surface area (Å²) in [5.74, 6) is -0.237. The molecular weight excluding hydrogens is 224 g/mol. The molecule has 0 fully saturated rings. The first-order valence-corrected chi connectivity index (χ1v) is 5.36. The van der Waals surface area contributed by atoms with E-state index < -0.39 is 5.97 Å². The van der Waals surface area contributed by atoms with Crippen molar-refractivity contribution in [3.8, 4) is 0 Å². The van der Waals surface area contributed by atoms with Crippen LogP contribution in [0.25, 0.3) is 0 Å². The van der Waals surface area contributed by atoms with Gasteiger partial charge >= 0.3 is 11.8 Å². The molecular formula is C10H15N4O3+. The fourth-order valence-electron chi connectivity index (χ4n) is 1.90. The Hall–Kier alpha value is -1.89. The van der Waals surface area contributed by atoms with Gasteiger partial charge in [-0.05, 0) is 7.05 Å². The number of fused-ring (bicyclic) bond motifs is 1. The number of aliphatic carboxylic acids is 1. The van der Waals surface area contributed by atoms with Gasteiger partial charge in [-0.1, -0.05) is 0 Å². The second-order valence-corrected chi connectivity index (χ2v) is 4.10. The number of nitrogens with zero attached hydrogens (tertiary/aromatic N) is 2. The third-order valence-corrected chi connectivity index (χ3v) is 2.64. The maximum Gasteiger partial charge on any atom is 0.317 e. The summed E-state index contributed by atoms with van der Waals surface area (Å²) in [6.45, 7) is 1.57. The van der Waals surface area contributed by atoms with E-state index in [1.54, 1.807) is 13.2 Å². The Labute approximate surface area is 98.0 Å². The zero-order chi connectivity index (χ0) is 12.4. The minimum Gasteiger partial charge on any atom is -0.480 e. The van der Waals surface area contributed by atoms with E-state index in [2.05, 4.69) is 10.4 Å². The molecule has 0 aliphatic carbocycles. The first-order chi connectivity index (χ1) is 8.08. The number of anilines is 1. The van der Waals surface area contributed by atoms with Gasteiger partial charge in [0.05, 0.1) is 19.3 Å². The smallest absolute Gasteiger partial charge is 0.317 e. The molecule has 17 heavy (non-hydrogen) atoms. The second kappa shape index (κ2) is 4.54. The molecule has 1 aliphatic heterocycles. The monoisotopic (exact) mass is 239 g/mol. The van der Waals surface area contributed by atoms with E-state index in [1.165, 1.54) is 4.90 Å². The van der Waals surface area contributed by atoms with Crippen LogP contribution in [0.2, 0.25) is 0 Å². The summed E-state index contributed by atoms with van der Waals surface area (Å²) in [6, 6.07) is 0. The maximum absolute atomic E-state index is 11.9. The number of hydrogen-bond donors (Lipinski definition) is 3. The Morgan fingerprint density at radius 3 is 3.00 bits per heavy atom. The lowest BCUT2D eigenvalue weighted by Gasteiger charge is -2.11. The van der Waals surface area contributed by atoms with Crippen LogP contribution in [0.15, 0.2) is 6.20 Å². The van der Waals surface area contributed by atoms with Crippen molar-refractivity contribution in [1.82, 2.24) is 10.00 Å². The molecule has 0 amide bonds. The van der Waals surface area contributed by atoms with Gasteiger partial charge in [-0.3, -0.25) is 19.8 Å². The number of aromatic nitrogens is 2. The normalized spacial score (nSPS) is 13.5. The first kappa shape index (κ1) is 11.6. The van der Waals surface area contributed by atoms with Crippen molar-refractivity contribution < 1.29 is 19.4 Å². The molecule has 0 radical (unpaired) electrons. The third-order valence-electron chi connectivity index (χ3n) is 2.64. The van der Waals surface area contributed by atoms with E-state index in [1.807, 2.05) is 4.68 Å². The SMILES string of the molecule is CN(CC(=O)O)CC(=O)c1c[nH][n+]2c1NCC2. The van der Waals surface area contributed by atoms with Crippen LogP contribution in [-0.4, -0.2) is 53.5 Å². The van der Waals surface area contributed by atoms with Gasteiger partial charge in [0.15, 0.2) is 5.78 Å². The lowest BCUT2D eigenvalue weighted by molar-refractivity contribution is -0.725. The molecule has 0 saturated heterocycles. The predicted molar refractivity (Wildman–Crippen MR) is 58.9 cm³/mol. The van der Waals surface area contributed by atoms with Crippen molar-refractivity contribution in [3.63, 3.8) is 0 Å². The summed E-state index contributed by atoms with van der Waals surface area (Å²) < 4.78 is 1.87. The number of carboxylic acid groups (broad SMARTS) is 1. The zero-order valence-corrected chi connectivity index (χ0v) is 9.56. The third kappa shape index (κ3) is 2.44. The van der Waals surface area contributed by atoms with Gasteiger partial charge in [0.2, 0.25) is 0 Å². The number of nitrogens with one attached hydrogen (secondary N) is 2. The number of carbonyl (C=O) groups is 2. The van der Waals surface area contributed by atoms with Crippen LogP contribution >= 0.6 is 0 Å². The maximum atomic E-state index is 11.9. The summed E-state index contributed by atoms with van der Waals surface area (Å²) >= 11 is 0. The molecule has 7 heteroatoms. The van der Waals surface area contributed by atoms with Crippen LogP contribution in [-0.2, 0) is 11.3 Å². The summed E-state index contributed by atoms with van der Waals surface area (Å²) in [5, 5.41) is 14.7. The van der Waals surface area contributed by atoms with Crippen LogP contribution in [0.3, 0.4) is 0 Å². The second-order valence-electron chi connectivity index (χ2n) is 4.10. The Bertz CT molecular complexity index is 454. The number of carboxylic acids is 1. The quantitative estimate of drug-likeness (QED) is 0.449. The zero-order valence-electron chi connectivity index (χ0n) is 9.56. The average molecular weight is 239 g/mol. The summed E-state index contributed by atoms with van der Waals surface area (Å²) in [7, 11) is 1.61. The lowest BCUT2D eigenvalue weighted by Crippen LogP contribution is -2.33. The van der Waals surface area contributed by atoms with Crippen molar-refractivity contribution >= 4 is 17.6 Å². The fourth-order valence-corrected chi connectivity index (χ4v) is 1.90. The number of ketones is 1. The molecule has 0 bridgehead atoms. The van der Waals surface area contributed by atoms with Crippen molar-refractivity contribution in [2.45, 2.75) is 6.54 Å². The van der Waals surface area contributed by atoms with E-state index >= 15 is 0 Å². The van der Waals surface area contributed by atoms with E-state index in [4.69, 9.17) is 5.11 Å². The summed E-state index contributed by atoms with van der Waals surface area (Å²) in [4.78, 5) is 23.9. The van der Waals surface area contributed by atoms with Gasteiger partial charge in [0, 0.05) is 0 Å². The number of H-pyrrole nitrogens is 1. The molecule has 0 atom stereocenters. The van der Waals surface area contributed by atoms with Gasteiger partial charge < -0.3 is 5.11 Å². The summed E-state index contributed by atoms with van der Waals surface area (Å²) in [6.07, 6.45) is 1.65. The molecule has 0 aromatic carbocycles. The molecule has 2 rings (SSSR count). The van der Waals surface area contributed by atoms with E-state index in [0.29, 0.717) is 5.56 Å². The molecule has 92 valence electrons. The number of aromatic amines is 1. The van der Waals surface area contributed by atoms with Crippen molar-refractivity contribution in [1.29, 1.82) is 0 Å². The standard InChI is InChI=1S/C10H14N4O3/c1-13(6-9(16)17)5-8(15)7-4-12-14-3-2-11-10(7)14/h4H,2-3,5-6H2,1H3,(H2,11,12,15,16,17)/p+1. The number of hydrogen-bond acceptors (Lipinski definition) is 4. The Morgan fingerprint density at radius 1 is 1.53 bits per heavy atom. The van der Waals surface area contributed by atoms with Gasteiger partial charge in [0.1, 0.15) is 18.7 Å². The van der Waals surface area contributed by atoms with Crippen LogP contribution in [0.5, 0.6) is 0 Å². The first-order valence-electron chi connectivity index (χ1n) is 5.36. The molecule has 0 spiro atoms. The van der Waals surface area contributed by atoms with Crippen molar-refractivity contribution in [2.75, 3.05) is 32.0 Å². The lowest BCUT2D eigenvalue weighted by atomic mass is 10.2. The van der Waals surface area contributed by atoms with Gasteiger partial charge in [0.25, 0.3) is 0 Å².